The van der Waals surface area contributed by atoms with Crippen molar-refractivity contribution in [1.29, 1.82) is 0 Å². The van der Waals surface area contributed by atoms with Crippen LogP contribution in [-0.4, -0.2) is 62.3 Å². The molecule has 2 saturated heterocycles. The normalized spacial score (nSPS) is 25.0. The lowest BCUT2D eigenvalue weighted by molar-refractivity contribution is -0.140. The minimum absolute atomic E-state index is 0.0360. The number of amides is 2. The first kappa shape index (κ1) is 15.0. The summed E-state index contributed by atoms with van der Waals surface area (Å²) in [6.07, 6.45) is 0.735. The van der Waals surface area contributed by atoms with Gasteiger partial charge in [-0.1, -0.05) is 18.2 Å². The van der Waals surface area contributed by atoms with E-state index >= 15 is 0 Å². The summed E-state index contributed by atoms with van der Waals surface area (Å²) in [5, 5.41) is 0. The first-order chi connectivity index (χ1) is 10.6. The van der Waals surface area contributed by atoms with Crippen LogP contribution in [0.2, 0.25) is 0 Å². The van der Waals surface area contributed by atoms with Crippen LogP contribution in [0.1, 0.15) is 6.42 Å². The molecule has 6 nitrogen and oxygen atoms in total. The second kappa shape index (κ2) is 6.06. The molecule has 2 amide bonds. The molecule has 0 radical (unpaired) electrons. The number of para-hydroxylation sites is 1. The SMILES string of the molecule is COCC(=O)N1CCC2(C1)CN(c1ccccc1)C(=O)CO2. The van der Waals surface area contributed by atoms with Crippen molar-refractivity contribution in [3.63, 3.8) is 0 Å². The second-order valence-electron chi connectivity index (χ2n) is 5.79. The van der Waals surface area contributed by atoms with Crippen LogP contribution in [-0.2, 0) is 19.1 Å². The third-order valence-electron chi connectivity index (χ3n) is 4.25. The van der Waals surface area contributed by atoms with Gasteiger partial charge in [-0.25, -0.2) is 0 Å². The fraction of sp³-hybridized carbons (Fsp3) is 0.500. The minimum Gasteiger partial charge on any atom is -0.375 e. The van der Waals surface area contributed by atoms with Gasteiger partial charge in [0.25, 0.3) is 5.91 Å². The van der Waals surface area contributed by atoms with Crippen molar-refractivity contribution < 1.29 is 19.1 Å². The summed E-state index contributed by atoms with van der Waals surface area (Å²) in [5.41, 5.74) is 0.407. The van der Waals surface area contributed by atoms with Gasteiger partial charge in [-0.2, -0.15) is 0 Å². The minimum atomic E-state index is -0.465. The number of methoxy groups -OCH3 is 1. The largest absolute Gasteiger partial charge is 0.375 e. The standard InChI is InChI=1S/C16H20N2O4/c1-21-9-14(19)17-8-7-16(11-17)12-18(15(20)10-22-16)13-5-3-2-4-6-13/h2-6H,7-12H2,1H3. The lowest BCUT2D eigenvalue weighted by atomic mass is 10.00. The number of carbonyl (C=O) groups excluding carboxylic acids is 2. The average Bonchev–Trinajstić information content (AvgIpc) is 2.95. The third-order valence-corrected chi connectivity index (χ3v) is 4.25. The molecule has 1 aromatic rings. The molecule has 2 aliphatic rings. The molecule has 1 atom stereocenters. The van der Waals surface area contributed by atoms with E-state index in [1.54, 1.807) is 9.80 Å². The molecular weight excluding hydrogens is 284 g/mol. The van der Waals surface area contributed by atoms with Crippen molar-refractivity contribution in [2.45, 2.75) is 12.0 Å². The molecule has 6 heteroatoms. The predicted molar refractivity (Wildman–Crippen MR) is 80.6 cm³/mol. The highest BCUT2D eigenvalue weighted by Gasteiger charge is 2.46. The van der Waals surface area contributed by atoms with Crippen molar-refractivity contribution in [2.24, 2.45) is 0 Å². The van der Waals surface area contributed by atoms with E-state index in [0.29, 0.717) is 19.6 Å². The topological polar surface area (TPSA) is 59.1 Å². The molecule has 0 aliphatic carbocycles. The van der Waals surface area contributed by atoms with Gasteiger partial charge in [0, 0.05) is 19.3 Å². The maximum absolute atomic E-state index is 12.2. The number of likely N-dealkylation sites (tertiary alicyclic amines) is 1. The molecule has 2 heterocycles. The highest BCUT2D eigenvalue weighted by atomic mass is 16.5. The zero-order chi connectivity index (χ0) is 15.6. The van der Waals surface area contributed by atoms with E-state index in [2.05, 4.69) is 0 Å². The number of anilines is 1. The summed E-state index contributed by atoms with van der Waals surface area (Å²) in [7, 11) is 1.51. The highest BCUT2D eigenvalue weighted by Crippen LogP contribution is 2.32. The number of nitrogens with zero attached hydrogens (tertiary/aromatic N) is 2. The van der Waals surface area contributed by atoms with Gasteiger partial charge < -0.3 is 19.3 Å². The first-order valence-electron chi connectivity index (χ1n) is 7.40. The Morgan fingerprint density at radius 1 is 1.32 bits per heavy atom. The van der Waals surface area contributed by atoms with Gasteiger partial charge in [-0.3, -0.25) is 9.59 Å². The van der Waals surface area contributed by atoms with E-state index in [4.69, 9.17) is 9.47 Å². The molecule has 3 rings (SSSR count). The number of rotatable bonds is 3. The van der Waals surface area contributed by atoms with Gasteiger partial charge in [0.1, 0.15) is 18.8 Å². The number of hydrogen-bond acceptors (Lipinski definition) is 4. The van der Waals surface area contributed by atoms with Crippen molar-refractivity contribution in [3.05, 3.63) is 30.3 Å². The number of morpholine rings is 1. The van der Waals surface area contributed by atoms with Gasteiger partial charge in [-0.15, -0.1) is 0 Å². The van der Waals surface area contributed by atoms with Crippen LogP contribution in [0.15, 0.2) is 30.3 Å². The number of benzene rings is 1. The van der Waals surface area contributed by atoms with Crippen LogP contribution < -0.4 is 4.90 Å². The number of ether oxygens (including phenoxy) is 2. The van der Waals surface area contributed by atoms with E-state index in [0.717, 1.165) is 12.1 Å². The Kier molecular flexibility index (Phi) is 4.13. The molecule has 0 N–H and O–H groups in total. The average molecular weight is 304 g/mol. The predicted octanol–water partition coefficient (Wildman–Crippen LogP) is 0.667. The fourth-order valence-electron chi connectivity index (χ4n) is 3.08. The molecule has 22 heavy (non-hydrogen) atoms. The van der Waals surface area contributed by atoms with Crippen LogP contribution in [0.25, 0.3) is 0 Å². The molecule has 0 aromatic heterocycles. The molecular formula is C16H20N2O4. The summed E-state index contributed by atoms with van der Waals surface area (Å²) >= 11 is 0. The molecule has 1 aromatic carbocycles. The van der Waals surface area contributed by atoms with Crippen molar-refractivity contribution >= 4 is 17.5 Å². The fourth-order valence-corrected chi connectivity index (χ4v) is 3.08. The number of hydrogen-bond donors (Lipinski definition) is 0. The van der Waals surface area contributed by atoms with Gasteiger partial charge in [-0.05, 0) is 18.6 Å². The quantitative estimate of drug-likeness (QED) is 0.823. The van der Waals surface area contributed by atoms with Gasteiger partial charge in [0.15, 0.2) is 0 Å². The van der Waals surface area contributed by atoms with E-state index in [1.807, 2.05) is 30.3 Å². The molecule has 0 bridgehead atoms. The van der Waals surface area contributed by atoms with Gasteiger partial charge >= 0.3 is 0 Å². The first-order valence-corrected chi connectivity index (χ1v) is 7.40. The summed E-state index contributed by atoms with van der Waals surface area (Å²) in [6, 6.07) is 9.58. The molecule has 2 aliphatic heterocycles. The Morgan fingerprint density at radius 2 is 2.09 bits per heavy atom. The van der Waals surface area contributed by atoms with Crippen molar-refractivity contribution in [3.8, 4) is 0 Å². The molecule has 0 saturated carbocycles. The van der Waals surface area contributed by atoms with E-state index in [-0.39, 0.29) is 25.0 Å². The molecule has 1 unspecified atom stereocenters. The van der Waals surface area contributed by atoms with E-state index in [9.17, 15) is 9.59 Å². The Morgan fingerprint density at radius 3 is 2.82 bits per heavy atom. The monoisotopic (exact) mass is 304 g/mol. The molecule has 1 spiro atoms. The molecule has 118 valence electrons. The van der Waals surface area contributed by atoms with Crippen LogP contribution in [0, 0.1) is 0 Å². The Balaban J connectivity index is 1.73. The maximum atomic E-state index is 12.2. The third kappa shape index (κ3) is 2.84. The van der Waals surface area contributed by atoms with Crippen molar-refractivity contribution in [1.82, 2.24) is 4.90 Å². The van der Waals surface area contributed by atoms with Crippen molar-refractivity contribution in [2.75, 3.05) is 44.9 Å². The van der Waals surface area contributed by atoms with E-state index in [1.165, 1.54) is 7.11 Å². The Hall–Kier alpha value is -1.92. The number of carbonyl (C=O) groups is 2. The zero-order valence-electron chi connectivity index (χ0n) is 12.7. The summed E-state index contributed by atoms with van der Waals surface area (Å²) in [6.45, 7) is 1.76. The Labute approximate surface area is 129 Å². The molecule has 2 fully saturated rings. The van der Waals surface area contributed by atoms with Gasteiger partial charge in [0.2, 0.25) is 5.91 Å². The Bertz CT molecular complexity index is 563. The summed E-state index contributed by atoms with van der Waals surface area (Å²) < 4.78 is 10.7. The van der Waals surface area contributed by atoms with Gasteiger partial charge in [0.05, 0.1) is 13.1 Å². The zero-order valence-corrected chi connectivity index (χ0v) is 12.7. The van der Waals surface area contributed by atoms with Crippen LogP contribution in [0.5, 0.6) is 0 Å². The second-order valence-corrected chi connectivity index (χ2v) is 5.79. The lowest BCUT2D eigenvalue weighted by Gasteiger charge is -2.40. The summed E-state index contributed by atoms with van der Waals surface area (Å²) in [5.74, 6) is -0.0790. The summed E-state index contributed by atoms with van der Waals surface area (Å²) in [4.78, 5) is 27.6. The van der Waals surface area contributed by atoms with E-state index < -0.39 is 5.60 Å². The van der Waals surface area contributed by atoms with Crippen LogP contribution >= 0.6 is 0 Å². The van der Waals surface area contributed by atoms with Crippen LogP contribution in [0.3, 0.4) is 0 Å². The lowest BCUT2D eigenvalue weighted by Crippen LogP contribution is -2.56. The maximum Gasteiger partial charge on any atom is 0.253 e. The van der Waals surface area contributed by atoms with Crippen LogP contribution in [0.4, 0.5) is 5.69 Å². The highest BCUT2D eigenvalue weighted by molar-refractivity contribution is 5.95. The smallest absolute Gasteiger partial charge is 0.253 e.